The molecule has 17 heavy (non-hydrogen) atoms. The molecular formula is C11H15BrN2O3. The predicted molar refractivity (Wildman–Crippen MR) is 68.6 cm³/mol. The summed E-state index contributed by atoms with van der Waals surface area (Å²) in [5.74, 6) is -0.293. The first kappa shape index (κ1) is 14.0. The highest BCUT2D eigenvalue weighted by molar-refractivity contribution is 9.09. The number of hydrogen-bond donors (Lipinski definition) is 4. The average molecular weight is 303 g/mol. The van der Waals surface area contributed by atoms with Crippen molar-refractivity contribution in [3.8, 4) is 0 Å². The number of carbonyl (C=O) groups excluding carboxylic acids is 1. The van der Waals surface area contributed by atoms with Crippen molar-refractivity contribution in [2.45, 2.75) is 12.1 Å². The molecule has 1 rings (SSSR count). The van der Waals surface area contributed by atoms with Crippen LogP contribution in [0.5, 0.6) is 0 Å². The standard InChI is InChI=1S/C11H15BrN2O3/c12-5-10(16)14-9(6-15)11(17)7-1-3-8(13)4-2-7/h1-4,9,11,15,17H,5-6,13H2,(H,14,16)/t9-,11-/m1/s1. The van der Waals surface area contributed by atoms with Gasteiger partial charge in [-0.3, -0.25) is 4.79 Å². The van der Waals surface area contributed by atoms with E-state index in [1.807, 2.05) is 0 Å². The van der Waals surface area contributed by atoms with Crippen LogP contribution in [0.15, 0.2) is 24.3 Å². The molecule has 2 atom stereocenters. The minimum Gasteiger partial charge on any atom is -0.399 e. The number of alkyl halides is 1. The molecule has 1 aromatic carbocycles. The maximum atomic E-state index is 11.2. The first-order valence-corrected chi connectivity index (χ1v) is 6.20. The van der Waals surface area contributed by atoms with Crippen LogP contribution < -0.4 is 11.1 Å². The van der Waals surface area contributed by atoms with E-state index in [-0.39, 0.29) is 17.8 Å². The quantitative estimate of drug-likeness (QED) is 0.461. The van der Waals surface area contributed by atoms with E-state index in [4.69, 9.17) is 10.8 Å². The first-order valence-electron chi connectivity index (χ1n) is 5.08. The fourth-order valence-corrected chi connectivity index (χ4v) is 1.56. The second kappa shape index (κ2) is 6.58. The van der Waals surface area contributed by atoms with Crippen LogP contribution in [-0.4, -0.2) is 34.1 Å². The monoisotopic (exact) mass is 302 g/mol. The molecule has 0 aliphatic rings. The van der Waals surface area contributed by atoms with Crippen molar-refractivity contribution in [1.29, 1.82) is 0 Å². The predicted octanol–water partition coefficient (Wildman–Crippen LogP) is 0.174. The lowest BCUT2D eigenvalue weighted by Crippen LogP contribution is -2.42. The summed E-state index contributed by atoms with van der Waals surface area (Å²) in [5, 5.41) is 21.8. The fraction of sp³-hybridized carbons (Fsp3) is 0.364. The molecule has 0 aliphatic carbocycles. The summed E-state index contributed by atoms with van der Waals surface area (Å²) in [5.41, 5.74) is 6.71. The second-order valence-electron chi connectivity index (χ2n) is 3.60. The van der Waals surface area contributed by atoms with Crippen molar-refractivity contribution in [2.75, 3.05) is 17.7 Å². The van der Waals surface area contributed by atoms with E-state index in [0.717, 1.165) is 0 Å². The van der Waals surface area contributed by atoms with Crippen LogP contribution in [0.1, 0.15) is 11.7 Å². The highest BCUT2D eigenvalue weighted by Gasteiger charge is 2.21. The number of amides is 1. The van der Waals surface area contributed by atoms with Gasteiger partial charge in [0, 0.05) is 5.69 Å². The summed E-state index contributed by atoms with van der Waals surface area (Å²) < 4.78 is 0. The van der Waals surface area contributed by atoms with E-state index in [2.05, 4.69) is 21.2 Å². The number of carbonyl (C=O) groups is 1. The zero-order valence-corrected chi connectivity index (χ0v) is 10.7. The van der Waals surface area contributed by atoms with E-state index in [9.17, 15) is 9.90 Å². The zero-order chi connectivity index (χ0) is 12.8. The summed E-state index contributed by atoms with van der Waals surface area (Å²) in [7, 11) is 0. The molecule has 0 bridgehead atoms. The number of aliphatic hydroxyl groups is 2. The van der Waals surface area contributed by atoms with Gasteiger partial charge < -0.3 is 21.3 Å². The Morgan fingerprint density at radius 2 is 2.00 bits per heavy atom. The Kier molecular flexibility index (Phi) is 5.40. The van der Waals surface area contributed by atoms with Crippen LogP contribution in [0.4, 0.5) is 5.69 Å². The van der Waals surface area contributed by atoms with Gasteiger partial charge in [0.15, 0.2) is 0 Å². The molecule has 0 saturated heterocycles. The molecule has 0 spiro atoms. The minimum atomic E-state index is -0.969. The van der Waals surface area contributed by atoms with Crippen LogP contribution >= 0.6 is 15.9 Å². The number of nitrogens with two attached hydrogens (primary N) is 1. The molecule has 0 unspecified atom stereocenters. The lowest BCUT2D eigenvalue weighted by molar-refractivity contribution is -0.120. The van der Waals surface area contributed by atoms with Gasteiger partial charge in [0.25, 0.3) is 0 Å². The summed E-state index contributed by atoms with van der Waals surface area (Å²) in [4.78, 5) is 11.2. The number of aliphatic hydroxyl groups excluding tert-OH is 2. The molecule has 6 heteroatoms. The summed E-state index contributed by atoms with van der Waals surface area (Å²) in [6.07, 6.45) is -0.969. The molecule has 0 aromatic heterocycles. The van der Waals surface area contributed by atoms with Crippen molar-refractivity contribution >= 4 is 27.5 Å². The van der Waals surface area contributed by atoms with Gasteiger partial charge >= 0.3 is 0 Å². The molecule has 0 heterocycles. The number of anilines is 1. The van der Waals surface area contributed by atoms with Crippen LogP contribution in [0.3, 0.4) is 0 Å². The molecule has 1 amide bonds. The smallest absolute Gasteiger partial charge is 0.231 e. The summed E-state index contributed by atoms with van der Waals surface area (Å²) in [6.45, 7) is -0.343. The van der Waals surface area contributed by atoms with Crippen LogP contribution in [0.2, 0.25) is 0 Å². The summed E-state index contributed by atoms with van der Waals surface area (Å²) >= 11 is 3.00. The molecule has 0 saturated carbocycles. The highest BCUT2D eigenvalue weighted by Crippen LogP contribution is 2.18. The Morgan fingerprint density at radius 1 is 1.41 bits per heavy atom. The second-order valence-corrected chi connectivity index (χ2v) is 4.16. The average Bonchev–Trinajstić information content (AvgIpc) is 2.35. The molecule has 5 N–H and O–H groups in total. The summed E-state index contributed by atoms with van der Waals surface area (Å²) in [6, 6.07) is 5.88. The van der Waals surface area contributed by atoms with Crippen LogP contribution in [0.25, 0.3) is 0 Å². The number of rotatable bonds is 5. The van der Waals surface area contributed by atoms with Gasteiger partial charge in [0.2, 0.25) is 5.91 Å². The fourth-order valence-electron chi connectivity index (χ4n) is 1.40. The van der Waals surface area contributed by atoms with Crippen molar-refractivity contribution in [3.63, 3.8) is 0 Å². The van der Waals surface area contributed by atoms with E-state index in [1.54, 1.807) is 24.3 Å². The zero-order valence-electron chi connectivity index (χ0n) is 9.14. The highest BCUT2D eigenvalue weighted by atomic mass is 79.9. The third-order valence-corrected chi connectivity index (χ3v) is 2.83. The number of hydrogen-bond acceptors (Lipinski definition) is 4. The van der Waals surface area contributed by atoms with E-state index in [0.29, 0.717) is 11.3 Å². The molecule has 1 aromatic rings. The topological polar surface area (TPSA) is 95.6 Å². The SMILES string of the molecule is Nc1ccc([C@@H](O)[C@@H](CO)NC(=O)CBr)cc1. The number of halogens is 1. The molecule has 5 nitrogen and oxygen atoms in total. The molecule has 0 fully saturated rings. The van der Waals surface area contributed by atoms with Gasteiger partial charge in [-0.15, -0.1) is 0 Å². The molecule has 94 valence electrons. The van der Waals surface area contributed by atoms with Gasteiger partial charge in [-0.2, -0.15) is 0 Å². The van der Waals surface area contributed by atoms with E-state index < -0.39 is 12.1 Å². The van der Waals surface area contributed by atoms with Crippen molar-refractivity contribution < 1.29 is 15.0 Å². The lowest BCUT2D eigenvalue weighted by Gasteiger charge is -2.22. The van der Waals surface area contributed by atoms with Gasteiger partial charge in [0.1, 0.15) is 6.10 Å². The van der Waals surface area contributed by atoms with Gasteiger partial charge in [0.05, 0.1) is 18.0 Å². The third kappa shape index (κ3) is 3.99. The maximum absolute atomic E-state index is 11.2. The van der Waals surface area contributed by atoms with Gasteiger partial charge in [-0.05, 0) is 17.7 Å². The largest absolute Gasteiger partial charge is 0.399 e. The maximum Gasteiger partial charge on any atom is 0.231 e. The Labute approximate surface area is 108 Å². The number of benzene rings is 1. The Balaban J connectivity index is 2.74. The molecule has 0 radical (unpaired) electrons. The van der Waals surface area contributed by atoms with Crippen molar-refractivity contribution in [1.82, 2.24) is 5.32 Å². The normalized spacial score (nSPS) is 14.1. The van der Waals surface area contributed by atoms with E-state index >= 15 is 0 Å². The third-order valence-electron chi connectivity index (χ3n) is 2.32. The number of nitrogen functional groups attached to an aromatic ring is 1. The molecule has 0 aliphatic heterocycles. The Hall–Kier alpha value is -1.11. The van der Waals surface area contributed by atoms with Crippen molar-refractivity contribution in [2.24, 2.45) is 0 Å². The van der Waals surface area contributed by atoms with E-state index in [1.165, 1.54) is 0 Å². The van der Waals surface area contributed by atoms with Gasteiger partial charge in [-0.1, -0.05) is 28.1 Å². The lowest BCUT2D eigenvalue weighted by atomic mass is 10.0. The van der Waals surface area contributed by atoms with Crippen molar-refractivity contribution in [3.05, 3.63) is 29.8 Å². The van der Waals surface area contributed by atoms with Gasteiger partial charge in [-0.25, -0.2) is 0 Å². The molecular weight excluding hydrogens is 288 g/mol. The van der Waals surface area contributed by atoms with Crippen LogP contribution in [0, 0.1) is 0 Å². The first-order chi connectivity index (χ1) is 8.08. The van der Waals surface area contributed by atoms with Crippen LogP contribution in [-0.2, 0) is 4.79 Å². The number of nitrogens with one attached hydrogen (secondary N) is 1. The minimum absolute atomic E-state index is 0.123. The Morgan fingerprint density at radius 3 is 2.47 bits per heavy atom. The Bertz CT molecular complexity index is 369.